The van der Waals surface area contributed by atoms with Crippen LogP contribution in [0.3, 0.4) is 0 Å². The molecule has 0 amide bonds. The highest BCUT2D eigenvalue weighted by atomic mass is 32.2. The number of rotatable bonds is 4. The minimum Gasteiger partial charge on any atom is -0.312 e. The van der Waals surface area contributed by atoms with E-state index in [4.69, 9.17) is 0 Å². The van der Waals surface area contributed by atoms with Gasteiger partial charge in [-0.25, -0.2) is 8.42 Å². The Morgan fingerprint density at radius 1 is 1.29 bits per heavy atom. The first-order chi connectivity index (χ1) is 8.05. The average Bonchev–Trinajstić information content (AvgIpc) is 2.61. The topological polar surface area (TPSA) is 66.5 Å². The minimum atomic E-state index is -2.77. The normalized spacial score (nSPS) is 30.7. The molecule has 2 rings (SSSR count). The van der Waals surface area contributed by atoms with Gasteiger partial charge >= 0.3 is 0 Å². The fourth-order valence-corrected chi connectivity index (χ4v) is 5.12. The van der Waals surface area contributed by atoms with E-state index in [0.717, 1.165) is 44.1 Å². The SMILES string of the molecule is O=S1CCN(CCNC2CCS(=O)(=O)C2)CC1. The second-order valence-corrected chi connectivity index (χ2v) is 8.67. The van der Waals surface area contributed by atoms with Gasteiger partial charge in [-0.3, -0.25) is 4.21 Å². The van der Waals surface area contributed by atoms with Gasteiger partial charge in [-0.2, -0.15) is 0 Å². The summed E-state index contributed by atoms with van der Waals surface area (Å²) in [6, 6.07) is 0.138. The summed E-state index contributed by atoms with van der Waals surface area (Å²) in [4.78, 5) is 2.29. The molecule has 2 fully saturated rings. The lowest BCUT2D eigenvalue weighted by Crippen LogP contribution is -2.43. The van der Waals surface area contributed by atoms with Gasteiger partial charge < -0.3 is 10.2 Å². The van der Waals surface area contributed by atoms with E-state index in [9.17, 15) is 12.6 Å². The van der Waals surface area contributed by atoms with Crippen molar-refractivity contribution in [3.63, 3.8) is 0 Å². The number of sulfone groups is 1. The van der Waals surface area contributed by atoms with Gasteiger partial charge in [0.2, 0.25) is 0 Å². The van der Waals surface area contributed by atoms with E-state index < -0.39 is 20.6 Å². The zero-order chi connectivity index (χ0) is 12.3. The van der Waals surface area contributed by atoms with Gasteiger partial charge in [-0.1, -0.05) is 0 Å². The van der Waals surface area contributed by atoms with Gasteiger partial charge in [0.05, 0.1) is 11.5 Å². The van der Waals surface area contributed by atoms with Gasteiger partial charge in [0.1, 0.15) is 0 Å². The van der Waals surface area contributed by atoms with Crippen molar-refractivity contribution in [3.05, 3.63) is 0 Å². The molecule has 17 heavy (non-hydrogen) atoms. The van der Waals surface area contributed by atoms with Gasteiger partial charge in [-0.15, -0.1) is 0 Å². The number of nitrogens with zero attached hydrogens (tertiary/aromatic N) is 1. The Morgan fingerprint density at radius 2 is 2.00 bits per heavy atom. The Morgan fingerprint density at radius 3 is 2.59 bits per heavy atom. The first-order valence-corrected chi connectivity index (χ1v) is 9.37. The molecule has 0 bridgehead atoms. The molecule has 0 spiro atoms. The molecule has 0 aromatic heterocycles. The maximum Gasteiger partial charge on any atom is 0.151 e. The lowest BCUT2D eigenvalue weighted by Gasteiger charge is -2.26. The lowest BCUT2D eigenvalue weighted by molar-refractivity contribution is 0.294. The molecule has 2 aliphatic rings. The molecule has 0 saturated carbocycles. The van der Waals surface area contributed by atoms with Crippen LogP contribution in [-0.4, -0.2) is 72.8 Å². The molecular formula is C10H20N2O3S2. The van der Waals surface area contributed by atoms with Gasteiger partial charge in [-0.05, 0) is 6.42 Å². The third kappa shape index (κ3) is 4.31. The Bertz CT molecular complexity index is 373. The number of hydrogen-bond donors (Lipinski definition) is 1. The first kappa shape index (κ1) is 13.5. The lowest BCUT2D eigenvalue weighted by atomic mass is 10.2. The van der Waals surface area contributed by atoms with Crippen LogP contribution in [0.5, 0.6) is 0 Å². The zero-order valence-electron chi connectivity index (χ0n) is 9.93. The predicted octanol–water partition coefficient (Wildman–Crippen LogP) is -1.17. The minimum absolute atomic E-state index is 0.138. The fourth-order valence-electron chi connectivity index (χ4n) is 2.28. The number of hydrogen-bond acceptors (Lipinski definition) is 5. The third-order valence-corrected chi connectivity index (χ3v) is 6.41. The molecule has 100 valence electrons. The molecule has 0 aliphatic carbocycles. The molecule has 1 unspecified atom stereocenters. The highest BCUT2D eigenvalue weighted by Gasteiger charge is 2.27. The standard InChI is InChI=1S/C10H20N2O3S2/c13-16-6-4-12(5-7-16)3-2-11-10-1-8-17(14,15)9-10/h10-11H,1-9H2. The molecule has 1 N–H and O–H groups in total. The second kappa shape index (κ2) is 5.77. The van der Waals surface area contributed by atoms with Crippen LogP contribution in [0.15, 0.2) is 0 Å². The van der Waals surface area contributed by atoms with Crippen LogP contribution < -0.4 is 5.32 Å². The molecular weight excluding hydrogens is 260 g/mol. The van der Waals surface area contributed by atoms with Crippen LogP contribution in [0.25, 0.3) is 0 Å². The van der Waals surface area contributed by atoms with Crippen molar-refractivity contribution in [2.24, 2.45) is 0 Å². The van der Waals surface area contributed by atoms with E-state index in [2.05, 4.69) is 10.2 Å². The number of nitrogens with one attached hydrogen (secondary N) is 1. The second-order valence-electron chi connectivity index (χ2n) is 4.74. The van der Waals surface area contributed by atoms with Crippen LogP contribution in [0.4, 0.5) is 0 Å². The van der Waals surface area contributed by atoms with Crippen molar-refractivity contribution in [2.75, 3.05) is 49.2 Å². The Hall–Kier alpha value is 0.0200. The van der Waals surface area contributed by atoms with E-state index in [-0.39, 0.29) is 11.8 Å². The molecule has 2 heterocycles. The Kier molecular flexibility index (Phi) is 4.57. The summed E-state index contributed by atoms with van der Waals surface area (Å²) >= 11 is 0. The monoisotopic (exact) mass is 280 g/mol. The van der Waals surface area contributed by atoms with E-state index in [1.807, 2.05) is 0 Å². The maximum absolute atomic E-state index is 11.3. The summed E-state index contributed by atoms with van der Waals surface area (Å²) < 4.78 is 33.7. The van der Waals surface area contributed by atoms with Crippen LogP contribution in [-0.2, 0) is 20.6 Å². The van der Waals surface area contributed by atoms with Crippen LogP contribution in [0, 0.1) is 0 Å². The van der Waals surface area contributed by atoms with Gasteiger partial charge in [0.15, 0.2) is 9.84 Å². The molecule has 1 atom stereocenters. The van der Waals surface area contributed by atoms with E-state index in [0.29, 0.717) is 5.75 Å². The molecule has 0 aromatic carbocycles. The Balaban J connectivity index is 1.62. The van der Waals surface area contributed by atoms with Crippen molar-refractivity contribution in [1.82, 2.24) is 10.2 Å². The molecule has 2 aliphatic heterocycles. The van der Waals surface area contributed by atoms with Crippen molar-refractivity contribution >= 4 is 20.6 Å². The molecule has 5 nitrogen and oxygen atoms in total. The predicted molar refractivity (Wildman–Crippen MR) is 69.4 cm³/mol. The average molecular weight is 280 g/mol. The highest BCUT2D eigenvalue weighted by molar-refractivity contribution is 7.91. The van der Waals surface area contributed by atoms with Crippen molar-refractivity contribution < 1.29 is 12.6 Å². The van der Waals surface area contributed by atoms with Crippen molar-refractivity contribution in [3.8, 4) is 0 Å². The zero-order valence-corrected chi connectivity index (χ0v) is 11.6. The molecule has 2 saturated heterocycles. The summed E-state index contributed by atoms with van der Waals surface area (Å²) in [6.45, 7) is 3.55. The quantitative estimate of drug-likeness (QED) is 0.703. The summed E-state index contributed by atoms with van der Waals surface area (Å²) in [5, 5.41) is 3.30. The maximum atomic E-state index is 11.3. The smallest absolute Gasteiger partial charge is 0.151 e. The molecule has 0 aromatic rings. The Labute approximate surface area is 105 Å². The van der Waals surface area contributed by atoms with Gasteiger partial charge in [0.25, 0.3) is 0 Å². The van der Waals surface area contributed by atoms with E-state index in [1.54, 1.807) is 0 Å². The summed E-state index contributed by atoms with van der Waals surface area (Å²) in [5.74, 6) is 2.17. The molecule has 0 radical (unpaired) electrons. The van der Waals surface area contributed by atoms with Crippen molar-refractivity contribution in [1.29, 1.82) is 0 Å². The first-order valence-electron chi connectivity index (χ1n) is 6.06. The van der Waals surface area contributed by atoms with Crippen LogP contribution in [0.1, 0.15) is 6.42 Å². The highest BCUT2D eigenvalue weighted by Crippen LogP contribution is 2.10. The third-order valence-electron chi connectivity index (χ3n) is 3.36. The fraction of sp³-hybridized carbons (Fsp3) is 1.00. The summed E-state index contributed by atoms with van der Waals surface area (Å²) in [7, 11) is -3.39. The van der Waals surface area contributed by atoms with E-state index >= 15 is 0 Å². The molecule has 7 heteroatoms. The van der Waals surface area contributed by atoms with Crippen molar-refractivity contribution in [2.45, 2.75) is 12.5 Å². The summed E-state index contributed by atoms with van der Waals surface area (Å²) in [6.07, 6.45) is 0.742. The summed E-state index contributed by atoms with van der Waals surface area (Å²) in [5.41, 5.74) is 0. The van der Waals surface area contributed by atoms with Crippen LogP contribution in [0.2, 0.25) is 0 Å². The van der Waals surface area contributed by atoms with Crippen LogP contribution >= 0.6 is 0 Å². The largest absolute Gasteiger partial charge is 0.312 e. The van der Waals surface area contributed by atoms with E-state index in [1.165, 1.54) is 0 Å². The van der Waals surface area contributed by atoms with Gasteiger partial charge in [0, 0.05) is 54.5 Å².